The average molecular weight is 154 g/mol. The standard InChI is InChI=1S/C9H8B2O/c1-9(11,8(10)12)7-5-3-2-4-6-7/h2-6H,1H3. The first kappa shape index (κ1) is 9.11. The molecule has 0 saturated heterocycles. The Morgan fingerprint density at radius 1 is 1.33 bits per heavy atom. The van der Waals surface area contributed by atoms with Gasteiger partial charge < -0.3 is 4.79 Å². The first-order chi connectivity index (χ1) is 5.55. The summed E-state index contributed by atoms with van der Waals surface area (Å²) in [6.45, 7) is 1.60. The molecule has 0 N–H and O–H groups in total. The van der Waals surface area contributed by atoms with Crippen LogP contribution >= 0.6 is 0 Å². The zero-order valence-electron chi connectivity index (χ0n) is 6.95. The molecule has 56 valence electrons. The van der Waals surface area contributed by atoms with Gasteiger partial charge in [-0.15, -0.1) is 0 Å². The molecule has 0 saturated carbocycles. The Bertz CT molecular complexity index is 280. The minimum Gasteiger partial charge on any atom is -0.313 e. The monoisotopic (exact) mass is 154 g/mol. The molecule has 1 rings (SSSR count). The minimum absolute atomic E-state index is 0.520. The highest BCUT2D eigenvalue weighted by atomic mass is 16.1. The summed E-state index contributed by atoms with van der Waals surface area (Å²) < 4.78 is 0. The van der Waals surface area contributed by atoms with E-state index in [1.54, 1.807) is 19.1 Å². The molecule has 0 bridgehead atoms. The second-order valence-corrected chi connectivity index (χ2v) is 2.93. The molecule has 1 unspecified atom stereocenters. The minimum atomic E-state index is -1.07. The van der Waals surface area contributed by atoms with Gasteiger partial charge in [-0.05, 0) is 5.56 Å². The van der Waals surface area contributed by atoms with Crippen LogP contribution in [-0.4, -0.2) is 21.4 Å². The normalized spacial score (nSPS) is 15.1. The van der Waals surface area contributed by atoms with E-state index < -0.39 is 11.0 Å². The fourth-order valence-electron chi connectivity index (χ4n) is 0.927. The van der Waals surface area contributed by atoms with Crippen molar-refractivity contribution in [1.29, 1.82) is 0 Å². The zero-order valence-corrected chi connectivity index (χ0v) is 6.95. The maximum Gasteiger partial charge on any atom is 0.168 e. The summed E-state index contributed by atoms with van der Waals surface area (Å²) in [6, 6.07) is 9.07. The van der Waals surface area contributed by atoms with Gasteiger partial charge in [-0.2, -0.15) is 0 Å². The Kier molecular flexibility index (Phi) is 2.41. The first-order valence-corrected chi connectivity index (χ1v) is 3.69. The van der Waals surface area contributed by atoms with E-state index in [-0.39, 0.29) is 0 Å². The van der Waals surface area contributed by atoms with Gasteiger partial charge in [-0.1, -0.05) is 37.3 Å². The number of rotatable bonds is 2. The molecule has 1 aromatic carbocycles. The van der Waals surface area contributed by atoms with Crippen molar-refractivity contribution in [2.45, 2.75) is 12.2 Å². The van der Waals surface area contributed by atoms with E-state index in [0.717, 1.165) is 5.56 Å². The fourth-order valence-corrected chi connectivity index (χ4v) is 0.927. The van der Waals surface area contributed by atoms with Crippen LogP contribution in [-0.2, 0) is 10.1 Å². The van der Waals surface area contributed by atoms with Crippen LogP contribution in [0.15, 0.2) is 30.3 Å². The zero-order chi connectivity index (χ0) is 9.19. The van der Waals surface area contributed by atoms with E-state index in [1.807, 2.05) is 18.2 Å². The van der Waals surface area contributed by atoms with Crippen molar-refractivity contribution in [2.24, 2.45) is 0 Å². The van der Waals surface area contributed by atoms with Gasteiger partial charge >= 0.3 is 0 Å². The summed E-state index contributed by atoms with van der Waals surface area (Å²) in [5.41, 5.74) is 0.214. The lowest BCUT2D eigenvalue weighted by Gasteiger charge is -2.22. The smallest absolute Gasteiger partial charge is 0.168 e. The van der Waals surface area contributed by atoms with Gasteiger partial charge in [-0.3, -0.25) is 0 Å². The van der Waals surface area contributed by atoms with Crippen LogP contribution in [0.4, 0.5) is 0 Å². The van der Waals surface area contributed by atoms with E-state index in [2.05, 4.69) is 0 Å². The highest BCUT2D eigenvalue weighted by molar-refractivity contribution is 6.64. The van der Waals surface area contributed by atoms with Gasteiger partial charge in [0.05, 0.1) is 13.5 Å². The Morgan fingerprint density at radius 2 is 1.83 bits per heavy atom. The first-order valence-electron chi connectivity index (χ1n) is 3.69. The lowest BCUT2D eigenvalue weighted by atomic mass is 9.58. The molecule has 0 heterocycles. The van der Waals surface area contributed by atoms with Crippen molar-refractivity contribution in [1.82, 2.24) is 0 Å². The number of hydrogen-bond donors (Lipinski definition) is 0. The second kappa shape index (κ2) is 3.18. The molecular formula is C9H8B2O. The molecule has 0 aromatic heterocycles. The van der Waals surface area contributed by atoms with Crippen LogP contribution in [0.3, 0.4) is 0 Å². The third-order valence-electron chi connectivity index (χ3n) is 1.89. The molecule has 1 aromatic rings. The van der Waals surface area contributed by atoms with Crippen molar-refractivity contribution in [3.8, 4) is 0 Å². The molecule has 1 nitrogen and oxygen atoms in total. The summed E-state index contributed by atoms with van der Waals surface area (Å²) in [4.78, 5) is 10.9. The molecule has 0 aliphatic heterocycles. The fraction of sp³-hybridized carbons (Fsp3) is 0.222. The van der Waals surface area contributed by atoms with E-state index in [0.29, 0.717) is 0 Å². The highest BCUT2D eigenvalue weighted by Gasteiger charge is 2.23. The van der Waals surface area contributed by atoms with Gasteiger partial charge in [0.1, 0.15) is 0 Å². The van der Waals surface area contributed by atoms with Crippen LogP contribution in [0.1, 0.15) is 12.5 Å². The summed E-state index contributed by atoms with van der Waals surface area (Å²) in [5.74, 6) is 0. The molecule has 0 spiro atoms. The highest BCUT2D eigenvalue weighted by Crippen LogP contribution is 2.18. The number of carbonyl (C=O) groups excluding carboxylic acids is 1. The van der Waals surface area contributed by atoms with E-state index in [9.17, 15) is 4.79 Å². The van der Waals surface area contributed by atoms with Gasteiger partial charge in [0.15, 0.2) is 7.85 Å². The Hall–Kier alpha value is -0.980. The molecule has 4 radical (unpaired) electrons. The topological polar surface area (TPSA) is 17.1 Å². The van der Waals surface area contributed by atoms with E-state index in [4.69, 9.17) is 15.7 Å². The molecule has 3 heteroatoms. The Labute approximate surface area is 75.0 Å². The van der Waals surface area contributed by atoms with Crippen LogP contribution in [0.25, 0.3) is 0 Å². The second-order valence-electron chi connectivity index (χ2n) is 2.93. The summed E-state index contributed by atoms with van der Waals surface area (Å²) in [5, 5.41) is -1.07. The predicted molar refractivity (Wildman–Crippen MR) is 50.3 cm³/mol. The van der Waals surface area contributed by atoms with Crippen molar-refractivity contribution < 1.29 is 4.79 Å². The molecule has 1 atom stereocenters. The molecule has 0 fully saturated rings. The van der Waals surface area contributed by atoms with Crippen LogP contribution in [0.5, 0.6) is 0 Å². The van der Waals surface area contributed by atoms with Crippen LogP contribution in [0, 0.1) is 0 Å². The average Bonchev–Trinajstić information content (AvgIpc) is 2.06. The van der Waals surface area contributed by atoms with Gasteiger partial charge in [-0.25, -0.2) is 0 Å². The van der Waals surface area contributed by atoms with Crippen LogP contribution < -0.4 is 0 Å². The predicted octanol–water partition coefficient (Wildman–Crippen LogP) is 0.765. The Balaban J connectivity index is 3.06. The number of hydrogen-bond acceptors (Lipinski definition) is 1. The molecular weight excluding hydrogens is 146 g/mol. The van der Waals surface area contributed by atoms with E-state index >= 15 is 0 Å². The lowest BCUT2D eigenvalue weighted by Crippen LogP contribution is -2.32. The number of benzene rings is 1. The van der Waals surface area contributed by atoms with Crippen molar-refractivity contribution >= 4 is 21.4 Å². The third kappa shape index (κ3) is 1.60. The molecule has 0 amide bonds. The van der Waals surface area contributed by atoms with Crippen molar-refractivity contribution in [3.05, 3.63) is 35.9 Å². The summed E-state index contributed by atoms with van der Waals surface area (Å²) >= 11 is 0. The molecule has 12 heavy (non-hydrogen) atoms. The van der Waals surface area contributed by atoms with E-state index in [1.165, 1.54) is 0 Å². The summed E-state index contributed by atoms with van der Waals surface area (Å²) in [6.07, 6.45) is 0. The maximum atomic E-state index is 10.9. The van der Waals surface area contributed by atoms with Gasteiger partial charge in [0, 0.05) is 5.31 Å². The Morgan fingerprint density at radius 3 is 2.25 bits per heavy atom. The molecule has 0 aliphatic rings. The van der Waals surface area contributed by atoms with Gasteiger partial charge in [0.25, 0.3) is 0 Å². The van der Waals surface area contributed by atoms with Crippen molar-refractivity contribution in [2.75, 3.05) is 0 Å². The number of carbonyl (C=O) groups is 1. The quantitative estimate of drug-likeness (QED) is 0.574. The SMILES string of the molecule is [B]C(=O)C([B])(C)c1ccccc1. The summed E-state index contributed by atoms with van der Waals surface area (Å²) in [7, 11) is 10.8. The van der Waals surface area contributed by atoms with Gasteiger partial charge in [0.2, 0.25) is 0 Å². The largest absolute Gasteiger partial charge is 0.313 e. The molecule has 0 aliphatic carbocycles. The van der Waals surface area contributed by atoms with Crippen molar-refractivity contribution in [3.63, 3.8) is 0 Å². The third-order valence-corrected chi connectivity index (χ3v) is 1.89. The van der Waals surface area contributed by atoms with Crippen LogP contribution in [0.2, 0.25) is 0 Å². The maximum absolute atomic E-state index is 10.9. The lowest BCUT2D eigenvalue weighted by molar-refractivity contribution is -0.113.